The van der Waals surface area contributed by atoms with Gasteiger partial charge in [0.1, 0.15) is 24.7 Å². The minimum Gasteiger partial charge on any atom is -0.494 e. The fourth-order valence-corrected chi connectivity index (χ4v) is 3.17. The molecule has 7 heteroatoms. The van der Waals surface area contributed by atoms with Crippen LogP contribution in [-0.4, -0.2) is 54.5 Å². The van der Waals surface area contributed by atoms with E-state index >= 15 is 0 Å². The molecule has 2 aromatic carbocycles. The minimum atomic E-state index is -0.843. The normalized spacial score (nSPS) is 10.8. The Labute approximate surface area is 235 Å². The molecule has 2 N–H and O–H groups in total. The molecule has 0 spiro atoms. The van der Waals surface area contributed by atoms with Crippen molar-refractivity contribution in [3.8, 4) is 11.5 Å². The van der Waals surface area contributed by atoms with Gasteiger partial charge in [-0.1, -0.05) is 66.1 Å². The molecule has 0 aliphatic rings. The Morgan fingerprint density at radius 1 is 0.872 bits per heavy atom. The van der Waals surface area contributed by atoms with Crippen LogP contribution in [0.3, 0.4) is 0 Å². The molecule has 0 aliphatic carbocycles. The maximum Gasteiger partial charge on any atom is 0.333 e. The lowest BCUT2D eigenvalue weighted by Crippen LogP contribution is -2.22. The van der Waals surface area contributed by atoms with E-state index in [1.165, 1.54) is 5.56 Å². The number of carbonyl (C=O) groups is 2. The zero-order valence-corrected chi connectivity index (χ0v) is 22.6. The SMILES string of the molecule is C.C.C=C(C)C(=O)CC(O)COc1ccc(C(C)(C)c2ccc(OCC)cc2)cc1.C=C(C)C(=O)OCCO. The zero-order valence-electron chi connectivity index (χ0n) is 22.6. The third-order valence-electron chi connectivity index (χ3n) is 5.48. The minimum absolute atomic E-state index is 0. The van der Waals surface area contributed by atoms with Crippen molar-refractivity contribution in [2.24, 2.45) is 0 Å². The molecule has 0 amide bonds. The molecule has 218 valence electrons. The van der Waals surface area contributed by atoms with Crippen molar-refractivity contribution in [1.29, 1.82) is 0 Å². The van der Waals surface area contributed by atoms with Gasteiger partial charge in [0.15, 0.2) is 5.78 Å². The fraction of sp³-hybridized carbons (Fsp3) is 0.438. The van der Waals surface area contributed by atoms with Crippen LogP contribution in [0.1, 0.15) is 67.0 Å². The first-order chi connectivity index (χ1) is 17.4. The van der Waals surface area contributed by atoms with Gasteiger partial charge in [0, 0.05) is 17.4 Å². The Morgan fingerprint density at radius 3 is 1.72 bits per heavy atom. The van der Waals surface area contributed by atoms with Gasteiger partial charge in [0.2, 0.25) is 0 Å². The number of hydrogen-bond donors (Lipinski definition) is 2. The molecule has 0 saturated heterocycles. The van der Waals surface area contributed by atoms with Crippen LogP contribution in [0.4, 0.5) is 0 Å². The summed E-state index contributed by atoms with van der Waals surface area (Å²) in [5.41, 5.74) is 2.97. The molecule has 0 aromatic heterocycles. The zero-order chi connectivity index (χ0) is 28.0. The van der Waals surface area contributed by atoms with Gasteiger partial charge in [-0.2, -0.15) is 0 Å². The molecular formula is C32H48O7. The number of aliphatic hydroxyl groups is 2. The highest BCUT2D eigenvalue weighted by atomic mass is 16.5. The van der Waals surface area contributed by atoms with E-state index in [2.05, 4.69) is 43.9 Å². The van der Waals surface area contributed by atoms with E-state index < -0.39 is 12.1 Å². The highest BCUT2D eigenvalue weighted by Crippen LogP contribution is 2.33. The van der Waals surface area contributed by atoms with Crippen molar-refractivity contribution in [3.63, 3.8) is 0 Å². The van der Waals surface area contributed by atoms with Crippen molar-refractivity contribution in [2.75, 3.05) is 26.4 Å². The van der Waals surface area contributed by atoms with Crippen LogP contribution in [0, 0.1) is 0 Å². The number of allylic oxidation sites excluding steroid dienone is 1. The highest BCUT2D eigenvalue weighted by molar-refractivity contribution is 5.94. The van der Waals surface area contributed by atoms with E-state index in [4.69, 9.17) is 14.6 Å². The van der Waals surface area contributed by atoms with Crippen LogP contribution in [0.15, 0.2) is 72.8 Å². The Hall–Kier alpha value is -3.42. The van der Waals surface area contributed by atoms with E-state index in [1.54, 1.807) is 13.8 Å². The Bertz CT molecular complexity index is 1020. The first-order valence-corrected chi connectivity index (χ1v) is 12.2. The van der Waals surface area contributed by atoms with Gasteiger partial charge in [0.05, 0.1) is 19.3 Å². The molecule has 0 bridgehead atoms. The molecule has 0 fully saturated rings. The van der Waals surface area contributed by atoms with Crippen molar-refractivity contribution < 1.29 is 34.0 Å². The molecule has 0 saturated carbocycles. The van der Waals surface area contributed by atoms with Gasteiger partial charge in [-0.15, -0.1) is 0 Å². The monoisotopic (exact) mass is 544 g/mol. The molecule has 1 atom stereocenters. The summed E-state index contributed by atoms with van der Waals surface area (Å²) >= 11 is 0. The highest BCUT2D eigenvalue weighted by Gasteiger charge is 2.23. The van der Waals surface area contributed by atoms with E-state index in [9.17, 15) is 14.7 Å². The number of carbonyl (C=O) groups excluding carboxylic acids is 2. The van der Waals surface area contributed by atoms with E-state index in [0.29, 0.717) is 23.5 Å². The first kappa shape index (κ1) is 37.7. The summed E-state index contributed by atoms with van der Waals surface area (Å²) in [5, 5.41) is 18.1. The summed E-state index contributed by atoms with van der Waals surface area (Å²) in [6, 6.07) is 16.0. The fourth-order valence-electron chi connectivity index (χ4n) is 3.17. The van der Waals surface area contributed by atoms with Crippen molar-refractivity contribution in [1.82, 2.24) is 0 Å². The van der Waals surface area contributed by atoms with E-state index in [1.807, 2.05) is 43.3 Å². The predicted molar refractivity (Wildman–Crippen MR) is 158 cm³/mol. The van der Waals surface area contributed by atoms with Gasteiger partial charge in [-0.05, 0) is 61.7 Å². The van der Waals surface area contributed by atoms with Gasteiger partial charge in [-0.25, -0.2) is 4.79 Å². The Balaban J connectivity index is 0. The number of Topliss-reactive ketones (excluding diaryl/α,β-unsaturated/α-hetero) is 1. The molecule has 0 radical (unpaired) electrons. The van der Waals surface area contributed by atoms with Crippen LogP contribution in [-0.2, 0) is 19.7 Å². The topological polar surface area (TPSA) is 102 Å². The maximum atomic E-state index is 11.6. The lowest BCUT2D eigenvalue weighted by Gasteiger charge is -2.26. The molecular weight excluding hydrogens is 496 g/mol. The maximum absolute atomic E-state index is 11.6. The predicted octanol–water partition coefficient (Wildman–Crippen LogP) is 6.06. The third kappa shape index (κ3) is 13.3. The summed E-state index contributed by atoms with van der Waals surface area (Å²) in [6.45, 7) is 17.1. The second kappa shape index (κ2) is 18.8. The second-order valence-electron chi connectivity index (χ2n) is 9.12. The van der Waals surface area contributed by atoms with Crippen molar-refractivity contribution >= 4 is 11.8 Å². The number of rotatable bonds is 13. The molecule has 7 nitrogen and oxygen atoms in total. The number of aliphatic hydroxyl groups excluding tert-OH is 2. The van der Waals surface area contributed by atoms with Crippen LogP contribution in [0.25, 0.3) is 0 Å². The average molecular weight is 545 g/mol. The van der Waals surface area contributed by atoms with Crippen LogP contribution >= 0.6 is 0 Å². The van der Waals surface area contributed by atoms with E-state index in [0.717, 1.165) is 11.3 Å². The van der Waals surface area contributed by atoms with Gasteiger partial charge >= 0.3 is 5.97 Å². The van der Waals surface area contributed by atoms with E-state index in [-0.39, 0.29) is 52.3 Å². The molecule has 39 heavy (non-hydrogen) atoms. The third-order valence-corrected chi connectivity index (χ3v) is 5.48. The molecule has 2 rings (SSSR count). The summed E-state index contributed by atoms with van der Waals surface area (Å²) in [6.07, 6.45) is -0.817. The lowest BCUT2D eigenvalue weighted by molar-refractivity contribution is -0.139. The summed E-state index contributed by atoms with van der Waals surface area (Å²) in [4.78, 5) is 22.1. The Morgan fingerprint density at radius 2 is 1.33 bits per heavy atom. The molecule has 0 heterocycles. The molecule has 0 aliphatic heterocycles. The summed E-state index contributed by atoms with van der Waals surface area (Å²) in [5.74, 6) is 0.926. The second-order valence-corrected chi connectivity index (χ2v) is 9.12. The number of esters is 1. The number of benzene rings is 2. The van der Waals surface area contributed by atoms with Crippen LogP contribution in [0.5, 0.6) is 11.5 Å². The number of ether oxygens (including phenoxy) is 3. The molecule has 1 unspecified atom stereocenters. The number of ketones is 1. The standard InChI is InChI=1S/C24H30O4.C6H10O3.2CH4/c1-6-27-21-11-7-18(8-12-21)24(4,5)19-9-13-22(14-10-19)28-16-20(25)15-23(26)17(2)3;1-5(2)6(8)9-4-3-7;;/h7-14,20,25H,2,6,15-16H2,1,3-5H3;7H,1,3-4H2,2H3;2*1H4. The van der Waals surface area contributed by atoms with Gasteiger partial charge < -0.3 is 24.4 Å². The smallest absolute Gasteiger partial charge is 0.333 e. The average Bonchev–Trinajstić information content (AvgIpc) is 2.87. The molecule has 2 aromatic rings. The van der Waals surface area contributed by atoms with Crippen molar-refractivity contribution in [2.45, 2.75) is 67.4 Å². The number of hydrogen-bond acceptors (Lipinski definition) is 7. The van der Waals surface area contributed by atoms with Crippen molar-refractivity contribution in [3.05, 3.63) is 84.0 Å². The quantitative estimate of drug-likeness (QED) is 0.234. The van der Waals surface area contributed by atoms with Gasteiger partial charge in [0.25, 0.3) is 0 Å². The lowest BCUT2D eigenvalue weighted by atomic mass is 9.78. The summed E-state index contributed by atoms with van der Waals surface area (Å²) in [7, 11) is 0. The largest absolute Gasteiger partial charge is 0.494 e. The first-order valence-electron chi connectivity index (χ1n) is 12.2. The van der Waals surface area contributed by atoms with Crippen LogP contribution in [0.2, 0.25) is 0 Å². The summed E-state index contributed by atoms with van der Waals surface area (Å²) < 4.78 is 15.6. The Kier molecular flexibility index (Phi) is 18.2. The van der Waals surface area contributed by atoms with Crippen LogP contribution < -0.4 is 9.47 Å². The van der Waals surface area contributed by atoms with Gasteiger partial charge in [-0.3, -0.25) is 4.79 Å².